The van der Waals surface area contributed by atoms with Gasteiger partial charge in [0.25, 0.3) is 0 Å². The molecule has 2 rings (SSSR count). The van der Waals surface area contributed by atoms with Gasteiger partial charge in [-0.25, -0.2) is 0 Å². The van der Waals surface area contributed by atoms with E-state index in [0.29, 0.717) is 32.2 Å². The van der Waals surface area contributed by atoms with Crippen LogP contribution in [0.2, 0.25) is 0 Å². The van der Waals surface area contributed by atoms with Gasteiger partial charge in [0.15, 0.2) is 11.6 Å². The Hall–Kier alpha value is -2.24. The number of carbonyl (C=O) groups is 2. The smallest absolute Gasteiger partial charge is 0.168 e. The summed E-state index contributed by atoms with van der Waals surface area (Å²) in [5.41, 5.74) is 0.0868. The lowest BCUT2D eigenvalue weighted by molar-refractivity contribution is -0.118. The second-order valence-electron chi connectivity index (χ2n) is 9.22. The molecule has 1 atom stereocenters. The zero-order valence-corrected chi connectivity index (χ0v) is 16.9. The molecule has 2 N–H and O–H groups in total. The number of nitrogens with zero attached hydrogens (tertiary/aromatic N) is 2. The predicted molar refractivity (Wildman–Crippen MR) is 107 cm³/mol. The summed E-state index contributed by atoms with van der Waals surface area (Å²) in [7, 11) is 0. The van der Waals surface area contributed by atoms with Gasteiger partial charge in [0.05, 0.1) is 23.7 Å². The van der Waals surface area contributed by atoms with Crippen LogP contribution in [0.15, 0.2) is 32.6 Å². The number of aliphatic hydroxyl groups is 2. The van der Waals surface area contributed by atoms with Crippen molar-refractivity contribution in [2.75, 3.05) is 6.54 Å². The van der Waals surface area contributed by atoms with Gasteiger partial charge in [0.1, 0.15) is 11.5 Å². The molecule has 0 unspecified atom stereocenters. The number of carbonyl (C=O) groups excluding carboxylic acids is 2. The highest BCUT2D eigenvalue weighted by atomic mass is 16.3. The van der Waals surface area contributed by atoms with Gasteiger partial charge in [-0.1, -0.05) is 27.7 Å². The van der Waals surface area contributed by atoms with Crippen LogP contribution in [-0.2, 0) is 9.59 Å². The normalized spacial score (nSPS) is 24.3. The van der Waals surface area contributed by atoms with Gasteiger partial charge in [-0.05, 0) is 17.8 Å². The first-order valence-corrected chi connectivity index (χ1v) is 9.34. The summed E-state index contributed by atoms with van der Waals surface area (Å²) in [5.74, 6) is -0.0364. The molecule has 0 heterocycles. The molecule has 6 heteroatoms. The molecule has 0 aromatic carbocycles. The van der Waals surface area contributed by atoms with Crippen molar-refractivity contribution in [1.29, 1.82) is 0 Å². The van der Waals surface area contributed by atoms with Crippen LogP contribution in [-0.4, -0.2) is 46.8 Å². The van der Waals surface area contributed by atoms with E-state index in [4.69, 9.17) is 0 Å². The van der Waals surface area contributed by atoms with E-state index < -0.39 is 0 Å². The monoisotopic (exact) mass is 374 g/mol. The standard InChI is InChI=1S/C21H30N2O4/c1-13(23-12-15-18(26)8-21(4,5)9-19(15)27)10-22-11-14-16(24)6-20(2,3)7-17(14)25/h11-13,24,26H,6-10H2,1-5H3/t13-/m1/s1. The van der Waals surface area contributed by atoms with Crippen molar-refractivity contribution in [1.82, 2.24) is 0 Å². The van der Waals surface area contributed by atoms with E-state index in [1.807, 2.05) is 34.6 Å². The maximum Gasteiger partial charge on any atom is 0.168 e. The molecule has 0 saturated heterocycles. The summed E-state index contributed by atoms with van der Waals surface area (Å²) >= 11 is 0. The molecule has 0 radical (unpaired) electrons. The van der Waals surface area contributed by atoms with Gasteiger partial charge in [0.2, 0.25) is 0 Å². The molecule has 0 spiro atoms. The third-order valence-electron chi connectivity index (χ3n) is 4.84. The minimum Gasteiger partial charge on any atom is -0.511 e. The minimum atomic E-state index is -0.231. The number of Topliss-reactive ketones (excluding diaryl/α,β-unsaturated/α-hetero) is 2. The van der Waals surface area contributed by atoms with Crippen molar-refractivity contribution in [3.63, 3.8) is 0 Å². The third-order valence-corrected chi connectivity index (χ3v) is 4.84. The van der Waals surface area contributed by atoms with Crippen molar-refractivity contribution < 1.29 is 19.8 Å². The van der Waals surface area contributed by atoms with Crippen LogP contribution in [0.1, 0.15) is 60.3 Å². The fourth-order valence-corrected chi connectivity index (χ4v) is 3.44. The van der Waals surface area contributed by atoms with Crippen molar-refractivity contribution in [3.8, 4) is 0 Å². The quantitative estimate of drug-likeness (QED) is 0.712. The Balaban J connectivity index is 1.99. The second kappa shape index (κ2) is 7.79. The highest BCUT2D eigenvalue weighted by Crippen LogP contribution is 2.36. The zero-order chi connectivity index (χ0) is 20.4. The lowest BCUT2D eigenvalue weighted by atomic mass is 9.77. The molecule has 0 amide bonds. The van der Waals surface area contributed by atoms with E-state index in [1.54, 1.807) is 0 Å². The summed E-state index contributed by atoms with van der Waals surface area (Å²) in [4.78, 5) is 32.8. The Morgan fingerprint density at radius 3 is 1.78 bits per heavy atom. The van der Waals surface area contributed by atoms with Crippen LogP contribution < -0.4 is 0 Å². The first kappa shape index (κ1) is 21.1. The van der Waals surface area contributed by atoms with E-state index >= 15 is 0 Å². The number of rotatable bonds is 5. The molecule has 2 aliphatic rings. The highest BCUT2D eigenvalue weighted by molar-refractivity contribution is 6.15. The fourth-order valence-electron chi connectivity index (χ4n) is 3.44. The number of hydrogen-bond donors (Lipinski definition) is 2. The SMILES string of the molecule is C[C@H](CN=CC1=C(O)CC(C)(C)CC1=O)N=CC1=C(O)CC(C)(C)CC1=O. The van der Waals surface area contributed by atoms with Gasteiger partial charge in [-0.15, -0.1) is 0 Å². The summed E-state index contributed by atoms with van der Waals surface area (Å²) in [6.45, 7) is 9.95. The van der Waals surface area contributed by atoms with E-state index in [0.717, 1.165) is 0 Å². The van der Waals surface area contributed by atoms with Crippen LogP contribution in [0.25, 0.3) is 0 Å². The molecule has 0 bridgehead atoms. The van der Waals surface area contributed by atoms with Crippen LogP contribution in [0.3, 0.4) is 0 Å². The summed E-state index contributed by atoms with van der Waals surface area (Å²) in [6.07, 6.45) is 4.54. The van der Waals surface area contributed by atoms with Crippen molar-refractivity contribution in [2.45, 2.75) is 66.3 Å². The Morgan fingerprint density at radius 2 is 1.33 bits per heavy atom. The number of aliphatic imine (C=N–C) groups is 2. The van der Waals surface area contributed by atoms with Crippen molar-refractivity contribution in [2.24, 2.45) is 20.8 Å². The third kappa shape index (κ3) is 5.62. The van der Waals surface area contributed by atoms with Crippen molar-refractivity contribution >= 4 is 24.0 Å². The van der Waals surface area contributed by atoms with E-state index in [9.17, 15) is 19.8 Å². The molecule has 6 nitrogen and oxygen atoms in total. The molecule has 0 aromatic rings. The first-order chi connectivity index (χ1) is 12.4. The summed E-state index contributed by atoms with van der Waals surface area (Å²) in [5, 5.41) is 20.2. The fraction of sp³-hybridized carbons (Fsp3) is 0.619. The van der Waals surface area contributed by atoms with Crippen LogP contribution in [0, 0.1) is 10.8 Å². The molecule has 0 saturated carbocycles. The number of hydrogen-bond acceptors (Lipinski definition) is 6. The molecule has 0 fully saturated rings. The minimum absolute atomic E-state index is 0.0844. The topological polar surface area (TPSA) is 99.3 Å². The maximum atomic E-state index is 12.2. The number of aliphatic hydroxyl groups excluding tert-OH is 2. The lowest BCUT2D eigenvalue weighted by Gasteiger charge is -2.28. The van der Waals surface area contributed by atoms with Gasteiger partial charge in [-0.2, -0.15) is 0 Å². The predicted octanol–water partition coefficient (Wildman–Crippen LogP) is 3.92. The Labute approximate surface area is 160 Å². The van der Waals surface area contributed by atoms with Crippen LogP contribution in [0.5, 0.6) is 0 Å². The van der Waals surface area contributed by atoms with E-state index in [1.165, 1.54) is 12.4 Å². The van der Waals surface area contributed by atoms with E-state index in [-0.39, 0.29) is 51.1 Å². The van der Waals surface area contributed by atoms with E-state index in [2.05, 4.69) is 9.98 Å². The van der Waals surface area contributed by atoms with Crippen molar-refractivity contribution in [3.05, 3.63) is 22.7 Å². The average molecular weight is 374 g/mol. The molecule has 0 aromatic heterocycles. The molecule has 0 aliphatic heterocycles. The summed E-state index contributed by atoms with van der Waals surface area (Å²) in [6, 6.07) is -0.220. The van der Waals surface area contributed by atoms with Crippen LogP contribution in [0.4, 0.5) is 0 Å². The molecule has 27 heavy (non-hydrogen) atoms. The van der Waals surface area contributed by atoms with Gasteiger partial charge < -0.3 is 10.2 Å². The maximum absolute atomic E-state index is 12.2. The summed E-state index contributed by atoms with van der Waals surface area (Å²) < 4.78 is 0. The first-order valence-electron chi connectivity index (χ1n) is 9.34. The average Bonchev–Trinajstić information content (AvgIpc) is 2.46. The zero-order valence-electron chi connectivity index (χ0n) is 16.9. The molecule has 2 aliphatic carbocycles. The Morgan fingerprint density at radius 1 is 0.889 bits per heavy atom. The van der Waals surface area contributed by atoms with Crippen LogP contribution >= 0.6 is 0 Å². The second-order valence-corrected chi connectivity index (χ2v) is 9.22. The number of allylic oxidation sites excluding steroid dienone is 4. The largest absolute Gasteiger partial charge is 0.511 e. The highest BCUT2D eigenvalue weighted by Gasteiger charge is 2.33. The van der Waals surface area contributed by atoms with Gasteiger partial charge in [0, 0.05) is 38.1 Å². The molecular formula is C21H30N2O4. The Kier molecular flexibility index (Phi) is 6.07. The lowest BCUT2D eigenvalue weighted by Crippen LogP contribution is -2.26. The molecular weight excluding hydrogens is 344 g/mol. The molecule has 148 valence electrons. The van der Waals surface area contributed by atoms with Gasteiger partial charge in [-0.3, -0.25) is 19.6 Å². The van der Waals surface area contributed by atoms with Gasteiger partial charge >= 0.3 is 0 Å². The number of ketones is 2. The Bertz CT molecular complexity index is 754.